The summed E-state index contributed by atoms with van der Waals surface area (Å²) in [5, 5.41) is 2.98. The van der Waals surface area contributed by atoms with Gasteiger partial charge in [0, 0.05) is 21.1 Å². The first-order chi connectivity index (χ1) is 12.0. The van der Waals surface area contributed by atoms with Crippen molar-refractivity contribution < 1.29 is 9.16 Å². The first-order valence-electron chi connectivity index (χ1n) is 8.21. The normalized spacial score (nSPS) is 11.1. The van der Waals surface area contributed by atoms with Gasteiger partial charge in [-0.15, -0.1) is 11.8 Å². The minimum atomic E-state index is -1.20. The number of halogens is 1. The van der Waals surface area contributed by atoms with Crippen LogP contribution in [0.1, 0.15) is 5.56 Å². The van der Waals surface area contributed by atoms with Crippen molar-refractivity contribution in [2.45, 2.75) is 23.7 Å². The smallest absolute Gasteiger partial charge is 0.229 e. The predicted octanol–water partition coefficient (Wildman–Crippen LogP) is 6.16. The molecule has 25 heavy (non-hydrogen) atoms. The van der Waals surface area contributed by atoms with Crippen LogP contribution in [0.4, 0.5) is 0 Å². The maximum Gasteiger partial charge on any atom is 0.229 e. The van der Waals surface area contributed by atoms with Crippen LogP contribution in [0, 0.1) is 0 Å². The molecule has 0 unspecified atom stereocenters. The van der Waals surface area contributed by atoms with E-state index in [2.05, 4.69) is 43.4 Å². The number of ether oxygens (including phenoxy) is 1. The van der Waals surface area contributed by atoms with Crippen LogP contribution in [0.25, 0.3) is 10.8 Å². The second kappa shape index (κ2) is 8.17. The molecule has 0 heterocycles. The van der Waals surface area contributed by atoms with Crippen LogP contribution >= 0.6 is 23.4 Å². The number of thioether (sulfide) groups is 1. The third kappa shape index (κ3) is 4.72. The fraction of sp³-hybridized carbons (Fsp3) is 0.200. The Labute approximate surface area is 159 Å². The molecule has 130 valence electrons. The van der Waals surface area contributed by atoms with Gasteiger partial charge in [-0.1, -0.05) is 29.8 Å². The number of rotatable bonds is 6. The van der Waals surface area contributed by atoms with Crippen molar-refractivity contribution in [3.05, 3.63) is 65.2 Å². The maximum atomic E-state index is 6.17. The lowest BCUT2D eigenvalue weighted by Crippen LogP contribution is -2.11. The maximum absolute atomic E-state index is 6.17. The highest BCUT2D eigenvalue weighted by Crippen LogP contribution is 2.35. The minimum Gasteiger partial charge on any atom is -0.547 e. The van der Waals surface area contributed by atoms with Gasteiger partial charge in [-0.3, -0.25) is 0 Å². The van der Waals surface area contributed by atoms with Gasteiger partial charge in [0.15, 0.2) is 0 Å². The van der Waals surface area contributed by atoms with Crippen LogP contribution in [0.15, 0.2) is 59.5 Å². The lowest BCUT2D eigenvalue weighted by atomic mass is 10.1. The van der Waals surface area contributed by atoms with E-state index < -0.39 is 9.04 Å². The van der Waals surface area contributed by atoms with Gasteiger partial charge in [-0.2, -0.15) is 0 Å². The van der Waals surface area contributed by atoms with E-state index in [9.17, 15) is 0 Å². The summed E-state index contributed by atoms with van der Waals surface area (Å²) in [6.45, 7) is 4.35. The third-order valence-corrected chi connectivity index (χ3v) is 5.79. The van der Waals surface area contributed by atoms with Gasteiger partial charge in [0.25, 0.3) is 0 Å². The number of hydrogen-bond donors (Lipinski definition) is 0. The summed E-state index contributed by atoms with van der Waals surface area (Å²) in [5.74, 6) is 2.73. The molecule has 0 bridgehead atoms. The van der Waals surface area contributed by atoms with E-state index in [-0.39, 0.29) is 0 Å². The molecule has 0 spiro atoms. The molecule has 0 aliphatic carbocycles. The second-order valence-electron chi connectivity index (χ2n) is 6.09. The van der Waals surface area contributed by atoms with Crippen LogP contribution in [0.5, 0.6) is 11.5 Å². The van der Waals surface area contributed by atoms with Crippen LogP contribution in [0.2, 0.25) is 18.1 Å². The highest BCUT2D eigenvalue weighted by molar-refractivity contribution is 7.98. The van der Waals surface area contributed by atoms with Gasteiger partial charge in [0.2, 0.25) is 9.04 Å². The highest BCUT2D eigenvalue weighted by atomic mass is 35.5. The summed E-state index contributed by atoms with van der Waals surface area (Å²) in [6, 6.07) is 18.5. The standard InChI is InChI=1S/C20H21ClO2SSi/c1-22-17-8-4-14(5-9-17)13-24-18-10-15-6-7-16(21)11-19(15)20(12-18)23-25(2)3/h4-12,25H,13H2,1-3H3. The fourth-order valence-electron chi connectivity index (χ4n) is 2.59. The first-order valence-corrected chi connectivity index (χ1v) is 12.4. The summed E-state index contributed by atoms with van der Waals surface area (Å²) in [4.78, 5) is 1.20. The first kappa shape index (κ1) is 18.2. The molecule has 0 aliphatic rings. The molecule has 0 N–H and O–H groups in total. The molecular formula is C20H21ClO2SSi. The summed E-state index contributed by atoms with van der Waals surface area (Å²) in [6.07, 6.45) is 0. The second-order valence-corrected chi connectivity index (χ2v) is 9.91. The Kier molecular flexibility index (Phi) is 5.94. The zero-order valence-corrected chi connectivity index (χ0v) is 17.3. The molecule has 0 aromatic heterocycles. The number of methoxy groups -OCH3 is 1. The monoisotopic (exact) mass is 388 g/mol. The van der Waals surface area contributed by atoms with Crippen LogP contribution in [-0.4, -0.2) is 16.2 Å². The van der Waals surface area contributed by atoms with Gasteiger partial charge in [-0.05, 0) is 60.4 Å². The Bertz CT molecular complexity index is 865. The van der Waals surface area contributed by atoms with E-state index in [1.54, 1.807) is 7.11 Å². The molecule has 2 nitrogen and oxygen atoms in total. The van der Waals surface area contributed by atoms with Crippen molar-refractivity contribution >= 4 is 43.2 Å². The van der Waals surface area contributed by atoms with Crippen molar-refractivity contribution in [3.8, 4) is 11.5 Å². The molecule has 0 atom stereocenters. The summed E-state index contributed by atoms with van der Waals surface area (Å²) in [5.41, 5.74) is 1.27. The van der Waals surface area contributed by atoms with Crippen molar-refractivity contribution in [1.29, 1.82) is 0 Å². The molecule has 0 fully saturated rings. The number of hydrogen-bond acceptors (Lipinski definition) is 3. The number of benzene rings is 3. The molecular weight excluding hydrogens is 368 g/mol. The van der Waals surface area contributed by atoms with E-state index in [1.165, 1.54) is 10.5 Å². The van der Waals surface area contributed by atoms with E-state index in [0.717, 1.165) is 33.0 Å². The summed E-state index contributed by atoms with van der Waals surface area (Å²) in [7, 11) is 0.489. The molecule has 0 saturated heterocycles. The Balaban J connectivity index is 1.86. The SMILES string of the molecule is COc1ccc(CSc2cc(O[SiH](C)C)c3cc(Cl)ccc3c2)cc1. The molecule has 3 rings (SSSR count). The van der Waals surface area contributed by atoms with Crippen molar-refractivity contribution in [2.75, 3.05) is 7.11 Å². The molecule has 0 aliphatic heterocycles. The van der Waals surface area contributed by atoms with Gasteiger partial charge in [-0.25, -0.2) is 0 Å². The van der Waals surface area contributed by atoms with Gasteiger partial charge in [0.05, 0.1) is 7.11 Å². The molecule has 0 radical (unpaired) electrons. The quantitative estimate of drug-likeness (QED) is 0.372. The van der Waals surface area contributed by atoms with Crippen molar-refractivity contribution in [1.82, 2.24) is 0 Å². The minimum absolute atomic E-state index is 0.737. The van der Waals surface area contributed by atoms with Gasteiger partial charge in [0.1, 0.15) is 11.5 Å². The molecule has 0 amide bonds. The average molecular weight is 389 g/mol. The Morgan fingerprint density at radius 3 is 2.44 bits per heavy atom. The van der Waals surface area contributed by atoms with Gasteiger partial charge < -0.3 is 9.16 Å². The topological polar surface area (TPSA) is 18.5 Å². The van der Waals surface area contributed by atoms with E-state index in [1.807, 2.05) is 36.0 Å². The van der Waals surface area contributed by atoms with Gasteiger partial charge >= 0.3 is 0 Å². The zero-order valence-electron chi connectivity index (χ0n) is 14.6. The van der Waals surface area contributed by atoms with Crippen LogP contribution < -0.4 is 9.16 Å². The fourth-order valence-corrected chi connectivity index (χ4v) is 4.39. The van der Waals surface area contributed by atoms with E-state index in [4.69, 9.17) is 20.8 Å². The van der Waals surface area contributed by atoms with Crippen molar-refractivity contribution in [2.24, 2.45) is 0 Å². The largest absolute Gasteiger partial charge is 0.547 e. The molecule has 3 aromatic rings. The van der Waals surface area contributed by atoms with Crippen LogP contribution in [-0.2, 0) is 5.75 Å². The molecule has 0 saturated carbocycles. The Morgan fingerprint density at radius 2 is 1.76 bits per heavy atom. The molecule has 5 heteroatoms. The van der Waals surface area contributed by atoms with E-state index >= 15 is 0 Å². The van der Waals surface area contributed by atoms with E-state index in [0.29, 0.717) is 0 Å². The van der Waals surface area contributed by atoms with Crippen molar-refractivity contribution in [3.63, 3.8) is 0 Å². The Morgan fingerprint density at radius 1 is 1.00 bits per heavy atom. The summed E-state index contributed by atoms with van der Waals surface area (Å²) < 4.78 is 11.4. The lowest BCUT2D eigenvalue weighted by Gasteiger charge is -2.14. The van der Waals surface area contributed by atoms with Crippen LogP contribution in [0.3, 0.4) is 0 Å². The lowest BCUT2D eigenvalue weighted by molar-refractivity contribution is 0.414. The summed E-state index contributed by atoms with van der Waals surface area (Å²) >= 11 is 7.98. The predicted molar refractivity (Wildman–Crippen MR) is 111 cm³/mol. The highest BCUT2D eigenvalue weighted by Gasteiger charge is 2.09. The number of fused-ring (bicyclic) bond motifs is 1. The third-order valence-electron chi connectivity index (χ3n) is 3.78. The Hall–Kier alpha value is -1.62. The molecule has 3 aromatic carbocycles. The zero-order chi connectivity index (χ0) is 17.8. The average Bonchev–Trinajstić information content (AvgIpc) is 2.60.